The normalized spacial score (nSPS) is 22.6. The molecule has 156 valence electrons. The third kappa shape index (κ3) is 4.35. The predicted molar refractivity (Wildman–Crippen MR) is 105 cm³/mol. The summed E-state index contributed by atoms with van der Waals surface area (Å²) in [5, 5.41) is 4.16. The van der Waals surface area contributed by atoms with Crippen LogP contribution in [0.1, 0.15) is 5.76 Å². The van der Waals surface area contributed by atoms with Crippen molar-refractivity contribution in [3.8, 4) is 17.0 Å². The molecule has 1 aromatic carbocycles. The first-order valence-corrected chi connectivity index (χ1v) is 9.97. The smallest absolute Gasteiger partial charge is 0.151 e. The number of fused-ring (bicyclic) bond motifs is 1. The number of nitrogens with zero attached hydrogens (tertiary/aromatic N) is 3. The summed E-state index contributed by atoms with van der Waals surface area (Å²) in [5.41, 5.74) is 1.78. The Morgan fingerprint density at radius 2 is 1.70 bits per heavy atom. The molecule has 8 heteroatoms. The van der Waals surface area contributed by atoms with Crippen LogP contribution in [0.3, 0.4) is 0 Å². The molecule has 0 spiro atoms. The molecule has 5 rings (SSSR count). The Morgan fingerprint density at radius 3 is 2.40 bits per heavy atom. The van der Waals surface area contributed by atoms with Crippen LogP contribution in [0, 0.1) is 5.82 Å². The highest BCUT2D eigenvalue weighted by atomic mass is 19.1. The van der Waals surface area contributed by atoms with E-state index < -0.39 is 0 Å². The molecule has 30 heavy (non-hydrogen) atoms. The highest BCUT2D eigenvalue weighted by Gasteiger charge is 2.38. The molecule has 2 aromatic heterocycles. The molecule has 0 N–H and O–H groups in total. The maximum absolute atomic E-state index is 13.0. The van der Waals surface area contributed by atoms with E-state index in [4.69, 9.17) is 18.7 Å². The van der Waals surface area contributed by atoms with Gasteiger partial charge in [0, 0.05) is 37.1 Å². The molecule has 2 fully saturated rings. The van der Waals surface area contributed by atoms with Crippen LogP contribution < -0.4 is 4.74 Å². The lowest BCUT2D eigenvalue weighted by Crippen LogP contribution is -2.29. The van der Waals surface area contributed by atoms with E-state index in [2.05, 4.69) is 15.0 Å². The van der Waals surface area contributed by atoms with E-state index in [1.54, 1.807) is 24.5 Å². The van der Waals surface area contributed by atoms with Crippen molar-refractivity contribution in [2.75, 3.05) is 26.3 Å². The van der Waals surface area contributed by atoms with Gasteiger partial charge >= 0.3 is 0 Å². The molecule has 4 heterocycles. The summed E-state index contributed by atoms with van der Waals surface area (Å²) in [7, 11) is 0. The van der Waals surface area contributed by atoms with E-state index >= 15 is 0 Å². The zero-order chi connectivity index (χ0) is 20.3. The summed E-state index contributed by atoms with van der Waals surface area (Å²) in [5.74, 6) is 1.12. The van der Waals surface area contributed by atoms with Gasteiger partial charge in [0.05, 0.1) is 32.0 Å². The quantitative estimate of drug-likeness (QED) is 0.639. The first kappa shape index (κ1) is 19.2. The van der Waals surface area contributed by atoms with Crippen LogP contribution in [0.2, 0.25) is 0 Å². The molecule has 2 aliphatic rings. The fraction of sp³-hybridized carbons (Fsp3) is 0.364. The lowest BCUT2D eigenvalue weighted by atomic mass is 10.2. The van der Waals surface area contributed by atoms with Crippen molar-refractivity contribution in [3.63, 3.8) is 0 Å². The molecule has 0 bridgehead atoms. The summed E-state index contributed by atoms with van der Waals surface area (Å²) in [4.78, 5) is 6.27. The Labute approximate surface area is 173 Å². The number of hydrogen-bond acceptors (Lipinski definition) is 7. The lowest BCUT2D eigenvalue weighted by molar-refractivity contribution is -0.00461. The van der Waals surface area contributed by atoms with Gasteiger partial charge in [-0.1, -0.05) is 5.16 Å². The third-order valence-corrected chi connectivity index (χ3v) is 5.31. The Balaban J connectivity index is 1.14. The molecule has 0 unspecified atom stereocenters. The maximum Gasteiger partial charge on any atom is 0.151 e. The minimum atomic E-state index is -0.287. The van der Waals surface area contributed by atoms with E-state index in [1.165, 1.54) is 12.1 Å². The largest absolute Gasteiger partial charge is 0.486 e. The Hall–Kier alpha value is -2.81. The van der Waals surface area contributed by atoms with Crippen LogP contribution in [-0.2, 0) is 16.0 Å². The fourth-order valence-corrected chi connectivity index (χ4v) is 3.82. The van der Waals surface area contributed by atoms with Gasteiger partial charge in [-0.25, -0.2) is 4.39 Å². The predicted octanol–water partition coefficient (Wildman–Crippen LogP) is 2.92. The van der Waals surface area contributed by atoms with Gasteiger partial charge in [-0.15, -0.1) is 0 Å². The Morgan fingerprint density at radius 1 is 1.00 bits per heavy atom. The number of aromatic nitrogens is 2. The summed E-state index contributed by atoms with van der Waals surface area (Å²) >= 11 is 0. The summed E-state index contributed by atoms with van der Waals surface area (Å²) < 4.78 is 36.5. The van der Waals surface area contributed by atoms with Gasteiger partial charge in [0.1, 0.15) is 23.4 Å². The van der Waals surface area contributed by atoms with Crippen molar-refractivity contribution in [2.45, 2.75) is 24.9 Å². The Bertz CT molecular complexity index is 950. The van der Waals surface area contributed by atoms with Crippen LogP contribution in [0.15, 0.2) is 59.4 Å². The SMILES string of the molecule is Fc1ccc(OC2CO[C@H]3CN(Cc4cc(-c5ccncc5)no4)C[C@@H]3OC2)cc1. The monoisotopic (exact) mass is 411 g/mol. The van der Waals surface area contributed by atoms with Gasteiger partial charge in [0.2, 0.25) is 0 Å². The minimum Gasteiger partial charge on any atom is -0.486 e. The summed E-state index contributed by atoms with van der Waals surface area (Å²) in [6.07, 6.45) is 3.22. The van der Waals surface area contributed by atoms with Crippen LogP contribution >= 0.6 is 0 Å². The number of benzene rings is 1. The summed E-state index contributed by atoms with van der Waals surface area (Å²) in [6.45, 7) is 3.01. The van der Waals surface area contributed by atoms with E-state index in [-0.39, 0.29) is 24.1 Å². The average Bonchev–Trinajstić information content (AvgIpc) is 3.35. The van der Waals surface area contributed by atoms with Gasteiger partial charge < -0.3 is 18.7 Å². The fourth-order valence-electron chi connectivity index (χ4n) is 3.82. The first-order chi connectivity index (χ1) is 14.7. The van der Waals surface area contributed by atoms with Crippen LogP contribution in [0.5, 0.6) is 5.75 Å². The average molecular weight is 411 g/mol. The number of ether oxygens (including phenoxy) is 3. The molecule has 2 aliphatic heterocycles. The van der Waals surface area contributed by atoms with Gasteiger partial charge in [0.15, 0.2) is 5.76 Å². The van der Waals surface area contributed by atoms with Crippen LogP contribution in [-0.4, -0.2) is 59.7 Å². The molecule has 7 nitrogen and oxygen atoms in total. The Kier molecular flexibility index (Phi) is 5.44. The first-order valence-electron chi connectivity index (χ1n) is 9.97. The summed E-state index contributed by atoms with van der Waals surface area (Å²) in [6, 6.07) is 11.7. The second kappa shape index (κ2) is 8.51. The molecule has 3 aromatic rings. The van der Waals surface area contributed by atoms with Gasteiger partial charge in [-0.2, -0.15) is 0 Å². The molecular formula is C22H22FN3O4. The van der Waals surface area contributed by atoms with Crippen molar-refractivity contribution in [1.29, 1.82) is 0 Å². The van der Waals surface area contributed by atoms with Crippen molar-refractivity contribution in [3.05, 3.63) is 66.4 Å². The molecular weight excluding hydrogens is 389 g/mol. The maximum atomic E-state index is 13.0. The second-order valence-electron chi connectivity index (χ2n) is 7.55. The standard InChI is InChI=1S/C22H22FN3O4/c23-16-1-3-17(4-2-16)29-19-13-27-21-11-26(12-22(21)28-14-19)10-18-9-20(25-30-18)15-5-7-24-8-6-15/h1-9,19,21-22H,10-14H2/t21-,22-/m0/s1. The van der Waals surface area contributed by atoms with E-state index in [0.29, 0.717) is 25.5 Å². The lowest BCUT2D eigenvalue weighted by Gasteiger charge is -2.18. The van der Waals surface area contributed by atoms with Crippen molar-refractivity contribution in [2.24, 2.45) is 0 Å². The third-order valence-electron chi connectivity index (χ3n) is 5.31. The molecule has 0 saturated carbocycles. The van der Waals surface area contributed by atoms with Gasteiger partial charge in [-0.05, 0) is 36.4 Å². The zero-order valence-corrected chi connectivity index (χ0v) is 16.3. The van der Waals surface area contributed by atoms with Gasteiger partial charge in [0.25, 0.3) is 0 Å². The van der Waals surface area contributed by atoms with Crippen molar-refractivity contribution in [1.82, 2.24) is 15.0 Å². The number of likely N-dealkylation sites (tertiary alicyclic amines) is 1. The topological polar surface area (TPSA) is 69.9 Å². The van der Waals surface area contributed by atoms with Gasteiger partial charge in [-0.3, -0.25) is 9.88 Å². The molecule has 0 aliphatic carbocycles. The number of hydrogen-bond donors (Lipinski definition) is 0. The van der Waals surface area contributed by atoms with Crippen molar-refractivity contribution < 1.29 is 23.1 Å². The number of halogens is 1. The highest BCUT2D eigenvalue weighted by Crippen LogP contribution is 2.25. The van der Waals surface area contributed by atoms with E-state index in [9.17, 15) is 4.39 Å². The molecule has 0 amide bonds. The van der Waals surface area contributed by atoms with E-state index in [1.807, 2.05) is 18.2 Å². The second-order valence-corrected chi connectivity index (χ2v) is 7.55. The van der Waals surface area contributed by atoms with E-state index in [0.717, 1.165) is 30.1 Å². The van der Waals surface area contributed by atoms with Crippen molar-refractivity contribution >= 4 is 0 Å². The molecule has 0 radical (unpaired) electrons. The number of pyridine rings is 1. The molecule has 2 atom stereocenters. The van der Waals surface area contributed by atoms with Crippen LogP contribution in [0.4, 0.5) is 4.39 Å². The van der Waals surface area contributed by atoms with Crippen LogP contribution in [0.25, 0.3) is 11.3 Å². The minimum absolute atomic E-state index is 0.0191. The highest BCUT2D eigenvalue weighted by molar-refractivity contribution is 5.57. The number of rotatable bonds is 5. The zero-order valence-electron chi connectivity index (χ0n) is 16.3. The molecule has 2 saturated heterocycles.